The minimum Gasteiger partial charge on any atom is -0.493 e. The molecule has 0 saturated carbocycles. The Morgan fingerprint density at radius 3 is 2.57 bits per heavy atom. The largest absolute Gasteiger partial charge is 0.493 e. The van der Waals surface area contributed by atoms with Gasteiger partial charge in [-0.1, -0.05) is 36.4 Å². The maximum atomic E-state index is 6.08. The summed E-state index contributed by atoms with van der Waals surface area (Å²) in [5.74, 6) is 1.61. The first-order valence-corrected chi connectivity index (χ1v) is 10.3. The van der Waals surface area contributed by atoms with E-state index in [1.165, 1.54) is 31.6 Å². The highest BCUT2D eigenvalue weighted by atomic mass is 16.5. The lowest BCUT2D eigenvalue weighted by Crippen LogP contribution is -2.49. The Kier molecular flexibility index (Phi) is 6.47. The Morgan fingerprint density at radius 2 is 1.79 bits per heavy atom. The minimum atomic E-state index is 0.551. The van der Waals surface area contributed by atoms with Crippen molar-refractivity contribution in [2.45, 2.75) is 25.6 Å². The van der Waals surface area contributed by atoms with Gasteiger partial charge in [0.2, 0.25) is 0 Å². The fraction of sp³-hybridized carbons (Fsp3) is 0.478. The van der Waals surface area contributed by atoms with Crippen LogP contribution in [0.3, 0.4) is 0 Å². The van der Waals surface area contributed by atoms with Gasteiger partial charge in [-0.2, -0.15) is 0 Å². The van der Waals surface area contributed by atoms with Gasteiger partial charge >= 0.3 is 0 Å². The molecule has 0 bridgehead atoms. The molecule has 5 nitrogen and oxygen atoms in total. The molecule has 150 valence electrons. The van der Waals surface area contributed by atoms with E-state index in [-0.39, 0.29) is 0 Å². The molecular weight excluding hydrogens is 350 g/mol. The predicted molar refractivity (Wildman–Crippen MR) is 112 cm³/mol. The Bertz CT molecular complexity index is 747. The Labute approximate surface area is 168 Å². The van der Waals surface area contributed by atoms with Crippen LogP contribution in [0.15, 0.2) is 48.5 Å². The monoisotopic (exact) mass is 381 g/mol. The van der Waals surface area contributed by atoms with E-state index in [1.54, 1.807) is 7.11 Å². The van der Waals surface area contributed by atoms with Crippen LogP contribution >= 0.6 is 0 Å². The third-order valence-corrected chi connectivity index (χ3v) is 5.79. The Morgan fingerprint density at radius 1 is 0.964 bits per heavy atom. The molecule has 2 aliphatic rings. The van der Waals surface area contributed by atoms with E-state index < -0.39 is 0 Å². The smallest absolute Gasteiger partial charge is 0.161 e. The van der Waals surface area contributed by atoms with E-state index in [2.05, 4.69) is 39.4 Å². The molecule has 2 aliphatic heterocycles. The fourth-order valence-electron chi connectivity index (χ4n) is 4.23. The maximum Gasteiger partial charge on any atom is 0.161 e. The average molecular weight is 382 g/mol. The molecule has 1 N–H and O–H groups in total. The molecule has 0 amide bonds. The van der Waals surface area contributed by atoms with Crippen LogP contribution in [0.5, 0.6) is 11.5 Å². The first kappa shape index (κ1) is 19.2. The molecule has 5 heteroatoms. The Balaban J connectivity index is 1.36. The average Bonchev–Trinajstić information content (AvgIpc) is 3.22. The van der Waals surface area contributed by atoms with E-state index in [9.17, 15) is 0 Å². The molecule has 1 unspecified atom stereocenters. The highest BCUT2D eigenvalue weighted by Crippen LogP contribution is 2.30. The van der Waals surface area contributed by atoms with Crippen molar-refractivity contribution in [1.82, 2.24) is 15.1 Å². The molecule has 2 heterocycles. The zero-order valence-electron chi connectivity index (χ0n) is 16.8. The second-order valence-electron chi connectivity index (χ2n) is 7.72. The third kappa shape index (κ3) is 4.85. The number of methoxy groups -OCH3 is 1. The lowest BCUT2D eigenvalue weighted by molar-refractivity contribution is 0.170. The van der Waals surface area contributed by atoms with Crippen molar-refractivity contribution in [2.24, 2.45) is 0 Å². The van der Waals surface area contributed by atoms with Crippen molar-refractivity contribution < 1.29 is 9.47 Å². The SMILES string of the molecule is COc1ccc(CN2CCC(N3CCNCC3)C2)cc1OCc1ccccc1. The lowest BCUT2D eigenvalue weighted by Gasteiger charge is -2.32. The molecule has 2 saturated heterocycles. The standard InChI is InChI=1S/C23H31N3O2/c1-27-22-8-7-20(15-23(22)28-18-19-5-3-2-4-6-19)16-25-12-9-21(17-25)26-13-10-24-11-14-26/h2-8,15,21,24H,9-14,16-18H2,1H3. The second kappa shape index (κ2) is 9.41. The number of ether oxygens (including phenoxy) is 2. The molecule has 0 radical (unpaired) electrons. The van der Waals surface area contributed by atoms with Crippen LogP contribution in [0.1, 0.15) is 17.5 Å². The van der Waals surface area contributed by atoms with Crippen LogP contribution in [0.2, 0.25) is 0 Å². The summed E-state index contributed by atoms with van der Waals surface area (Å²) < 4.78 is 11.6. The van der Waals surface area contributed by atoms with Gasteiger partial charge in [0.1, 0.15) is 6.61 Å². The summed E-state index contributed by atoms with van der Waals surface area (Å²) in [5, 5.41) is 3.45. The molecule has 0 spiro atoms. The lowest BCUT2D eigenvalue weighted by atomic mass is 10.2. The first-order chi connectivity index (χ1) is 13.8. The van der Waals surface area contributed by atoms with Gasteiger partial charge in [-0.25, -0.2) is 0 Å². The number of hydrogen-bond donors (Lipinski definition) is 1. The number of hydrogen-bond acceptors (Lipinski definition) is 5. The van der Waals surface area contributed by atoms with Crippen molar-refractivity contribution in [2.75, 3.05) is 46.4 Å². The molecule has 1 atom stereocenters. The van der Waals surface area contributed by atoms with Crippen LogP contribution in [0, 0.1) is 0 Å². The first-order valence-electron chi connectivity index (χ1n) is 10.3. The van der Waals surface area contributed by atoms with Gasteiger partial charge in [-0.05, 0) is 29.7 Å². The summed E-state index contributed by atoms with van der Waals surface area (Å²) in [7, 11) is 1.70. The van der Waals surface area contributed by atoms with Gasteiger partial charge < -0.3 is 14.8 Å². The van der Waals surface area contributed by atoms with Crippen molar-refractivity contribution >= 4 is 0 Å². The molecule has 0 aliphatic carbocycles. The summed E-state index contributed by atoms with van der Waals surface area (Å²) in [6.45, 7) is 8.45. The van der Waals surface area contributed by atoms with Gasteiger partial charge in [0.05, 0.1) is 7.11 Å². The van der Waals surface area contributed by atoms with Gasteiger partial charge in [0, 0.05) is 51.9 Å². The van der Waals surface area contributed by atoms with E-state index in [0.717, 1.165) is 43.2 Å². The van der Waals surface area contributed by atoms with Gasteiger partial charge in [0.25, 0.3) is 0 Å². The van der Waals surface area contributed by atoms with Crippen molar-refractivity contribution in [1.29, 1.82) is 0 Å². The summed E-state index contributed by atoms with van der Waals surface area (Å²) in [6, 6.07) is 17.3. The zero-order chi connectivity index (χ0) is 19.2. The van der Waals surface area contributed by atoms with Crippen LogP contribution < -0.4 is 14.8 Å². The van der Waals surface area contributed by atoms with Gasteiger partial charge in [-0.15, -0.1) is 0 Å². The highest BCUT2D eigenvalue weighted by Gasteiger charge is 2.28. The van der Waals surface area contributed by atoms with Crippen LogP contribution in [-0.4, -0.2) is 62.2 Å². The molecular formula is C23H31N3O2. The van der Waals surface area contributed by atoms with Crippen LogP contribution in [0.4, 0.5) is 0 Å². The van der Waals surface area contributed by atoms with E-state index in [1.807, 2.05) is 24.3 Å². The summed E-state index contributed by atoms with van der Waals surface area (Å²) in [5.41, 5.74) is 2.44. The number of nitrogens with one attached hydrogen (secondary N) is 1. The highest BCUT2D eigenvalue weighted by molar-refractivity contribution is 5.43. The molecule has 0 aromatic heterocycles. The normalized spacial score (nSPS) is 21.0. The number of benzene rings is 2. The molecule has 2 aromatic rings. The number of piperazine rings is 1. The molecule has 4 rings (SSSR count). The topological polar surface area (TPSA) is 37.0 Å². The van der Waals surface area contributed by atoms with Crippen molar-refractivity contribution in [3.8, 4) is 11.5 Å². The zero-order valence-corrected chi connectivity index (χ0v) is 16.8. The quantitative estimate of drug-likeness (QED) is 0.798. The van der Waals surface area contributed by atoms with Gasteiger partial charge in [-0.3, -0.25) is 9.80 Å². The minimum absolute atomic E-state index is 0.551. The predicted octanol–water partition coefficient (Wildman–Crippen LogP) is 2.75. The van der Waals surface area contributed by atoms with E-state index in [0.29, 0.717) is 12.6 Å². The number of likely N-dealkylation sites (tertiary alicyclic amines) is 1. The summed E-state index contributed by atoms with van der Waals surface area (Å²) in [6.07, 6.45) is 1.27. The van der Waals surface area contributed by atoms with Crippen LogP contribution in [-0.2, 0) is 13.2 Å². The van der Waals surface area contributed by atoms with Gasteiger partial charge in [0.15, 0.2) is 11.5 Å². The third-order valence-electron chi connectivity index (χ3n) is 5.79. The molecule has 28 heavy (non-hydrogen) atoms. The number of rotatable bonds is 7. The summed E-state index contributed by atoms with van der Waals surface area (Å²) in [4.78, 5) is 5.22. The summed E-state index contributed by atoms with van der Waals surface area (Å²) >= 11 is 0. The number of nitrogens with zero attached hydrogens (tertiary/aromatic N) is 2. The van der Waals surface area contributed by atoms with E-state index >= 15 is 0 Å². The molecule has 2 aromatic carbocycles. The Hall–Kier alpha value is -2.08. The van der Waals surface area contributed by atoms with Crippen LogP contribution in [0.25, 0.3) is 0 Å². The molecule has 2 fully saturated rings. The fourth-order valence-corrected chi connectivity index (χ4v) is 4.23. The van der Waals surface area contributed by atoms with Crippen molar-refractivity contribution in [3.63, 3.8) is 0 Å². The maximum absolute atomic E-state index is 6.08. The van der Waals surface area contributed by atoms with E-state index in [4.69, 9.17) is 9.47 Å². The van der Waals surface area contributed by atoms with Crippen molar-refractivity contribution in [3.05, 3.63) is 59.7 Å². The second-order valence-corrected chi connectivity index (χ2v) is 7.72.